The fourth-order valence-corrected chi connectivity index (χ4v) is 1.72. The molecule has 0 aromatic heterocycles. The quantitative estimate of drug-likeness (QED) is 0.327. The molecule has 5 heteroatoms. The SMILES string of the molecule is CCOC(=O)/C(C(N)=O)=C1/CCCCC1=O. The molecular weight excluding hydrogens is 210 g/mol. The third-order valence-corrected chi connectivity index (χ3v) is 2.44. The van der Waals surface area contributed by atoms with Gasteiger partial charge in [0.15, 0.2) is 5.78 Å². The van der Waals surface area contributed by atoms with E-state index in [-0.39, 0.29) is 23.5 Å². The maximum absolute atomic E-state index is 11.6. The Bertz CT molecular complexity index is 357. The smallest absolute Gasteiger partial charge is 0.344 e. The largest absolute Gasteiger partial charge is 0.462 e. The number of carbonyl (C=O) groups is 3. The van der Waals surface area contributed by atoms with Crippen molar-refractivity contribution in [3.05, 3.63) is 11.1 Å². The summed E-state index contributed by atoms with van der Waals surface area (Å²) in [6.07, 6.45) is 2.37. The Kier molecular flexibility index (Phi) is 4.22. The van der Waals surface area contributed by atoms with Crippen LogP contribution in [0.2, 0.25) is 0 Å². The first-order valence-electron chi connectivity index (χ1n) is 5.31. The van der Waals surface area contributed by atoms with Crippen molar-refractivity contribution < 1.29 is 19.1 Å². The van der Waals surface area contributed by atoms with Crippen LogP contribution in [0.25, 0.3) is 0 Å². The van der Waals surface area contributed by atoms with Crippen LogP contribution in [0.15, 0.2) is 11.1 Å². The summed E-state index contributed by atoms with van der Waals surface area (Å²) in [4.78, 5) is 34.2. The summed E-state index contributed by atoms with van der Waals surface area (Å²) in [6.45, 7) is 1.78. The van der Waals surface area contributed by atoms with Gasteiger partial charge in [-0.1, -0.05) is 0 Å². The topological polar surface area (TPSA) is 86.5 Å². The van der Waals surface area contributed by atoms with Crippen LogP contribution in [-0.2, 0) is 19.1 Å². The van der Waals surface area contributed by atoms with Gasteiger partial charge in [0.2, 0.25) is 0 Å². The number of Topliss-reactive ketones (excluding diaryl/α,β-unsaturated/α-hetero) is 1. The lowest BCUT2D eigenvalue weighted by Crippen LogP contribution is -2.27. The van der Waals surface area contributed by atoms with Crippen molar-refractivity contribution in [3.8, 4) is 0 Å². The van der Waals surface area contributed by atoms with Crippen molar-refractivity contribution in [2.75, 3.05) is 6.61 Å². The van der Waals surface area contributed by atoms with Gasteiger partial charge in [-0.15, -0.1) is 0 Å². The highest BCUT2D eigenvalue weighted by molar-refractivity contribution is 6.21. The molecule has 2 N–H and O–H groups in total. The number of amides is 1. The van der Waals surface area contributed by atoms with E-state index >= 15 is 0 Å². The number of nitrogens with two attached hydrogens (primary N) is 1. The van der Waals surface area contributed by atoms with Crippen molar-refractivity contribution >= 4 is 17.7 Å². The van der Waals surface area contributed by atoms with E-state index < -0.39 is 11.9 Å². The number of hydrogen-bond acceptors (Lipinski definition) is 4. The molecule has 0 heterocycles. The molecule has 0 spiro atoms. The van der Waals surface area contributed by atoms with Gasteiger partial charge >= 0.3 is 5.97 Å². The van der Waals surface area contributed by atoms with Crippen molar-refractivity contribution in [2.24, 2.45) is 5.73 Å². The van der Waals surface area contributed by atoms with Gasteiger partial charge in [0, 0.05) is 12.0 Å². The molecule has 1 fully saturated rings. The molecule has 1 rings (SSSR count). The third-order valence-electron chi connectivity index (χ3n) is 2.44. The molecule has 0 radical (unpaired) electrons. The zero-order valence-electron chi connectivity index (χ0n) is 9.25. The molecule has 5 nitrogen and oxygen atoms in total. The van der Waals surface area contributed by atoms with E-state index in [0.29, 0.717) is 12.8 Å². The van der Waals surface area contributed by atoms with Crippen LogP contribution in [0.1, 0.15) is 32.6 Å². The summed E-state index contributed by atoms with van der Waals surface area (Å²) in [6, 6.07) is 0. The number of allylic oxidation sites excluding steroid dienone is 1. The van der Waals surface area contributed by atoms with Gasteiger partial charge in [-0.3, -0.25) is 9.59 Å². The number of ether oxygens (including phenoxy) is 1. The van der Waals surface area contributed by atoms with Gasteiger partial charge in [-0.05, 0) is 26.2 Å². The van der Waals surface area contributed by atoms with E-state index in [1.807, 2.05) is 0 Å². The summed E-state index contributed by atoms with van der Waals surface area (Å²) in [7, 11) is 0. The summed E-state index contributed by atoms with van der Waals surface area (Å²) in [5.41, 5.74) is 5.07. The zero-order valence-corrected chi connectivity index (χ0v) is 9.25. The molecule has 1 amide bonds. The molecule has 0 aliphatic heterocycles. The lowest BCUT2D eigenvalue weighted by Gasteiger charge is -2.15. The summed E-state index contributed by atoms with van der Waals surface area (Å²) in [5.74, 6) is -1.85. The second kappa shape index (κ2) is 5.44. The second-order valence-corrected chi connectivity index (χ2v) is 3.57. The van der Waals surface area contributed by atoms with Crippen LogP contribution >= 0.6 is 0 Å². The van der Waals surface area contributed by atoms with E-state index in [1.165, 1.54) is 0 Å². The lowest BCUT2D eigenvalue weighted by atomic mass is 9.89. The predicted molar refractivity (Wildman–Crippen MR) is 56.3 cm³/mol. The standard InChI is InChI=1S/C11H15NO4/c1-2-16-11(15)9(10(12)14)7-5-3-4-6-8(7)13/h2-6H2,1H3,(H2,12,14)/b9-7-. The van der Waals surface area contributed by atoms with Gasteiger partial charge in [-0.25, -0.2) is 4.79 Å². The van der Waals surface area contributed by atoms with Crippen molar-refractivity contribution in [3.63, 3.8) is 0 Å². The number of carbonyl (C=O) groups excluding carboxylic acids is 3. The van der Waals surface area contributed by atoms with Crippen molar-refractivity contribution in [2.45, 2.75) is 32.6 Å². The fourth-order valence-electron chi connectivity index (χ4n) is 1.72. The van der Waals surface area contributed by atoms with Gasteiger partial charge < -0.3 is 10.5 Å². The Morgan fingerprint density at radius 2 is 1.94 bits per heavy atom. The summed E-state index contributed by atoms with van der Waals surface area (Å²) < 4.78 is 4.72. The van der Waals surface area contributed by atoms with Crippen molar-refractivity contribution in [1.82, 2.24) is 0 Å². The Morgan fingerprint density at radius 1 is 1.31 bits per heavy atom. The first kappa shape index (κ1) is 12.4. The van der Waals surface area contributed by atoms with Crippen LogP contribution in [0.4, 0.5) is 0 Å². The monoisotopic (exact) mass is 225 g/mol. The average Bonchev–Trinajstić information content (AvgIpc) is 2.21. The molecule has 0 atom stereocenters. The van der Waals surface area contributed by atoms with Gasteiger partial charge in [0.25, 0.3) is 5.91 Å². The number of hydrogen-bond donors (Lipinski definition) is 1. The number of ketones is 1. The molecule has 0 saturated heterocycles. The molecule has 1 saturated carbocycles. The third kappa shape index (κ3) is 2.68. The maximum Gasteiger partial charge on any atom is 0.344 e. The molecule has 1 aliphatic carbocycles. The van der Waals surface area contributed by atoms with Crippen LogP contribution in [0.3, 0.4) is 0 Å². The molecule has 0 aromatic carbocycles. The fraction of sp³-hybridized carbons (Fsp3) is 0.545. The minimum atomic E-state index is -0.885. The lowest BCUT2D eigenvalue weighted by molar-refractivity contribution is -0.140. The molecule has 0 bridgehead atoms. The Hall–Kier alpha value is -1.65. The Balaban J connectivity index is 3.07. The van der Waals surface area contributed by atoms with E-state index in [9.17, 15) is 14.4 Å². The molecule has 16 heavy (non-hydrogen) atoms. The van der Waals surface area contributed by atoms with Crippen LogP contribution < -0.4 is 5.73 Å². The van der Waals surface area contributed by atoms with E-state index in [1.54, 1.807) is 6.92 Å². The number of primary amides is 1. The van der Waals surface area contributed by atoms with Crippen LogP contribution in [0, 0.1) is 0 Å². The zero-order chi connectivity index (χ0) is 12.1. The number of rotatable bonds is 3. The summed E-state index contributed by atoms with van der Waals surface area (Å²) >= 11 is 0. The normalized spacial score (nSPS) is 19.2. The highest BCUT2D eigenvalue weighted by Gasteiger charge is 2.27. The van der Waals surface area contributed by atoms with Gasteiger partial charge in [0.05, 0.1) is 6.61 Å². The van der Waals surface area contributed by atoms with Crippen LogP contribution in [0.5, 0.6) is 0 Å². The van der Waals surface area contributed by atoms with E-state index in [2.05, 4.69) is 0 Å². The highest BCUT2D eigenvalue weighted by Crippen LogP contribution is 2.23. The number of esters is 1. The first-order valence-corrected chi connectivity index (χ1v) is 5.31. The van der Waals surface area contributed by atoms with Crippen molar-refractivity contribution in [1.29, 1.82) is 0 Å². The van der Waals surface area contributed by atoms with Crippen LogP contribution in [-0.4, -0.2) is 24.3 Å². The maximum atomic E-state index is 11.6. The van der Waals surface area contributed by atoms with E-state index in [4.69, 9.17) is 10.5 Å². The minimum Gasteiger partial charge on any atom is -0.462 e. The Labute approximate surface area is 93.6 Å². The molecule has 1 aliphatic rings. The predicted octanol–water partition coefficient (Wildman–Crippen LogP) is 0.474. The summed E-state index contributed by atoms with van der Waals surface area (Å²) in [5, 5.41) is 0. The van der Waals surface area contributed by atoms with Gasteiger partial charge in [0.1, 0.15) is 5.57 Å². The average molecular weight is 225 g/mol. The highest BCUT2D eigenvalue weighted by atomic mass is 16.5. The first-order chi connectivity index (χ1) is 7.57. The second-order valence-electron chi connectivity index (χ2n) is 3.57. The molecule has 88 valence electrons. The Morgan fingerprint density at radius 3 is 2.44 bits per heavy atom. The van der Waals surface area contributed by atoms with E-state index in [0.717, 1.165) is 12.8 Å². The molecule has 0 aromatic rings. The minimum absolute atomic E-state index is 0.150. The van der Waals surface area contributed by atoms with Gasteiger partial charge in [-0.2, -0.15) is 0 Å². The molecule has 0 unspecified atom stereocenters. The molecular formula is C11H15NO4.